The molecule has 0 radical (unpaired) electrons. The Hall–Kier alpha value is -2.14. The average molecular weight is 340 g/mol. The maximum atomic E-state index is 12.3. The van der Waals surface area contributed by atoms with Crippen molar-refractivity contribution < 1.29 is 4.79 Å². The van der Waals surface area contributed by atoms with Crippen LogP contribution in [0.4, 0.5) is 0 Å². The minimum absolute atomic E-state index is 0.00133. The van der Waals surface area contributed by atoms with E-state index in [0.717, 1.165) is 36.6 Å². The van der Waals surface area contributed by atoms with Gasteiger partial charge < -0.3 is 10.2 Å². The number of amides is 1. The fourth-order valence-corrected chi connectivity index (χ4v) is 3.43. The van der Waals surface area contributed by atoms with Crippen LogP contribution in [-0.2, 0) is 0 Å². The SMILES string of the molecule is Cc1cc(C)n(-c2ccc(C(=O)NCCCN3CCCCC3)cc2)n1. The zero-order chi connectivity index (χ0) is 17.6. The van der Waals surface area contributed by atoms with Crippen LogP contribution in [0.25, 0.3) is 5.69 Å². The molecule has 25 heavy (non-hydrogen) atoms. The van der Waals surface area contributed by atoms with Gasteiger partial charge in [-0.1, -0.05) is 6.42 Å². The normalized spacial score (nSPS) is 15.3. The zero-order valence-electron chi connectivity index (χ0n) is 15.3. The largest absolute Gasteiger partial charge is 0.352 e. The Kier molecular flexibility index (Phi) is 5.87. The molecule has 0 unspecified atom stereocenters. The van der Waals surface area contributed by atoms with E-state index in [1.54, 1.807) is 0 Å². The Balaban J connectivity index is 1.48. The number of nitrogens with one attached hydrogen (secondary N) is 1. The van der Waals surface area contributed by atoms with Gasteiger partial charge >= 0.3 is 0 Å². The third-order valence-corrected chi connectivity index (χ3v) is 4.77. The lowest BCUT2D eigenvalue weighted by Crippen LogP contribution is -2.33. The summed E-state index contributed by atoms with van der Waals surface area (Å²) in [5.41, 5.74) is 3.76. The van der Waals surface area contributed by atoms with Gasteiger partial charge in [0.1, 0.15) is 0 Å². The van der Waals surface area contributed by atoms with Crippen molar-refractivity contribution in [1.29, 1.82) is 0 Å². The van der Waals surface area contributed by atoms with Gasteiger partial charge in [-0.3, -0.25) is 4.79 Å². The lowest BCUT2D eigenvalue weighted by Gasteiger charge is -2.26. The van der Waals surface area contributed by atoms with Gasteiger partial charge in [0.05, 0.1) is 11.4 Å². The number of carbonyl (C=O) groups excluding carboxylic acids is 1. The molecule has 1 N–H and O–H groups in total. The summed E-state index contributed by atoms with van der Waals surface area (Å²) in [6, 6.07) is 9.67. The van der Waals surface area contributed by atoms with E-state index >= 15 is 0 Å². The molecule has 3 rings (SSSR count). The Bertz CT molecular complexity index is 699. The Morgan fingerprint density at radius 2 is 1.84 bits per heavy atom. The molecule has 0 atom stereocenters. The van der Waals surface area contributed by atoms with Crippen molar-refractivity contribution in [2.24, 2.45) is 0 Å². The molecule has 0 spiro atoms. The molecule has 5 nitrogen and oxygen atoms in total. The van der Waals surface area contributed by atoms with Crippen molar-refractivity contribution in [3.05, 3.63) is 47.3 Å². The van der Waals surface area contributed by atoms with Gasteiger partial charge in [-0.05, 0) is 83.1 Å². The van der Waals surface area contributed by atoms with E-state index < -0.39 is 0 Å². The highest BCUT2D eigenvalue weighted by Crippen LogP contribution is 2.13. The summed E-state index contributed by atoms with van der Waals surface area (Å²) in [5, 5.41) is 7.50. The standard InChI is InChI=1S/C20H28N4O/c1-16-15-17(2)24(22-16)19-9-7-18(8-10-19)20(25)21-11-6-14-23-12-4-3-5-13-23/h7-10,15H,3-6,11-14H2,1-2H3,(H,21,25). The Labute approximate surface area is 150 Å². The molecule has 1 aromatic carbocycles. The molecule has 134 valence electrons. The maximum Gasteiger partial charge on any atom is 0.251 e. The van der Waals surface area contributed by atoms with Gasteiger partial charge in [0.15, 0.2) is 0 Å². The van der Waals surface area contributed by atoms with Gasteiger partial charge in [0.2, 0.25) is 0 Å². The molecule has 1 saturated heterocycles. The Morgan fingerprint density at radius 1 is 1.12 bits per heavy atom. The summed E-state index contributed by atoms with van der Waals surface area (Å²) in [6.07, 6.45) is 5.00. The predicted molar refractivity (Wildman–Crippen MR) is 100 cm³/mol. The molecular formula is C20H28N4O. The number of benzene rings is 1. The van der Waals surface area contributed by atoms with E-state index in [-0.39, 0.29) is 5.91 Å². The van der Waals surface area contributed by atoms with Gasteiger partial charge in [-0.25, -0.2) is 4.68 Å². The van der Waals surface area contributed by atoms with Crippen LogP contribution in [0, 0.1) is 13.8 Å². The molecule has 1 amide bonds. The molecule has 1 fully saturated rings. The first-order chi connectivity index (χ1) is 12.1. The number of likely N-dealkylation sites (tertiary alicyclic amines) is 1. The van der Waals surface area contributed by atoms with Crippen LogP contribution < -0.4 is 5.32 Å². The fourth-order valence-electron chi connectivity index (χ4n) is 3.43. The highest BCUT2D eigenvalue weighted by molar-refractivity contribution is 5.94. The summed E-state index contributed by atoms with van der Waals surface area (Å²) in [4.78, 5) is 14.8. The highest BCUT2D eigenvalue weighted by Gasteiger charge is 2.10. The lowest BCUT2D eigenvalue weighted by molar-refractivity contribution is 0.0951. The number of hydrogen-bond donors (Lipinski definition) is 1. The number of rotatable bonds is 6. The van der Waals surface area contributed by atoms with Crippen molar-refractivity contribution >= 4 is 5.91 Å². The second-order valence-electron chi connectivity index (χ2n) is 6.90. The first-order valence-corrected chi connectivity index (χ1v) is 9.28. The van der Waals surface area contributed by atoms with E-state index in [4.69, 9.17) is 0 Å². The summed E-state index contributed by atoms with van der Waals surface area (Å²) in [6.45, 7) is 8.24. The molecule has 1 aromatic heterocycles. The molecule has 0 bridgehead atoms. The molecule has 5 heteroatoms. The molecule has 0 aliphatic carbocycles. The van der Waals surface area contributed by atoms with Crippen molar-refractivity contribution in [3.63, 3.8) is 0 Å². The lowest BCUT2D eigenvalue weighted by atomic mass is 10.1. The minimum Gasteiger partial charge on any atom is -0.352 e. The van der Waals surface area contributed by atoms with Gasteiger partial charge in [0.25, 0.3) is 5.91 Å². The molecule has 2 heterocycles. The number of carbonyl (C=O) groups is 1. The fraction of sp³-hybridized carbons (Fsp3) is 0.500. The molecule has 2 aromatic rings. The van der Waals surface area contributed by atoms with E-state index in [1.807, 2.05) is 48.9 Å². The summed E-state index contributed by atoms with van der Waals surface area (Å²) < 4.78 is 1.90. The molecule has 1 aliphatic rings. The quantitative estimate of drug-likeness (QED) is 0.822. The number of aromatic nitrogens is 2. The van der Waals surface area contributed by atoms with E-state index in [0.29, 0.717) is 5.56 Å². The van der Waals surface area contributed by atoms with Crippen molar-refractivity contribution in [2.75, 3.05) is 26.2 Å². The van der Waals surface area contributed by atoms with E-state index in [9.17, 15) is 4.79 Å². The molecular weight excluding hydrogens is 312 g/mol. The van der Waals surface area contributed by atoms with Crippen LogP contribution >= 0.6 is 0 Å². The number of hydrogen-bond acceptors (Lipinski definition) is 3. The number of aryl methyl sites for hydroxylation is 2. The van der Waals surface area contributed by atoms with Gasteiger partial charge in [0, 0.05) is 17.8 Å². The topological polar surface area (TPSA) is 50.2 Å². The van der Waals surface area contributed by atoms with Crippen LogP contribution in [0.1, 0.15) is 47.4 Å². The molecule has 1 aliphatic heterocycles. The maximum absolute atomic E-state index is 12.3. The summed E-state index contributed by atoms with van der Waals surface area (Å²) in [7, 11) is 0. The smallest absolute Gasteiger partial charge is 0.251 e. The van der Waals surface area contributed by atoms with Gasteiger partial charge in [-0.15, -0.1) is 0 Å². The third-order valence-electron chi connectivity index (χ3n) is 4.77. The summed E-state index contributed by atoms with van der Waals surface area (Å²) in [5.74, 6) is -0.00133. The van der Waals surface area contributed by atoms with Gasteiger partial charge in [-0.2, -0.15) is 5.10 Å². The number of piperidine rings is 1. The monoisotopic (exact) mass is 340 g/mol. The first-order valence-electron chi connectivity index (χ1n) is 9.28. The highest BCUT2D eigenvalue weighted by atomic mass is 16.1. The second-order valence-corrected chi connectivity index (χ2v) is 6.90. The van der Waals surface area contributed by atoms with Crippen LogP contribution in [0.3, 0.4) is 0 Å². The van der Waals surface area contributed by atoms with Crippen molar-refractivity contribution in [3.8, 4) is 5.69 Å². The predicted octanol–water partition coefficient (Wildman–Crippen LogP) is 3.09. The van der Waals surface area contributed by atoms with Crippen LogP contribution in [0.2, 0.25) is 0 Å². The van der Waals surface area contributed by atoms with Crippen LogP contribution in [-0.4, -0.2) is 46.8 Å². The first kappa shape index (κ1) is 17.7. The average Bonchev–Trinajstić information content (AvgIpc) is 2.98. The zero-order valence-corrected chi connectivity index (χ0v) is 15.3. The second kappa shape index (κ2) is 8.30. The molecule has 0 saturated carbocycles. The third kappa shape index (κ3) is 4.69. The van der Waals surface area contributed by atoms with Crippen molar-refractivity contribution in [1.82, 2.24) is 20.0 Å². The summed E-state index contributed by atoms with van der Waals surface area (Å²) >= 11 is 0. The van der Waals surface area contributed by atoms with Crippen LogP contribution in [0.5, 0.6) is 0 Å². The number of nitrogens with zero attached hydrogens (tertiary/aromatic N) is 3. The van der Waals surface area contributed by atoms with E-state index in [1.165, 1.54) is 32.4 Å². The van der Waals surface area contributed by atoms with Crippen molar-refractivity contribution in [2.45, 2.75) is 39.5 Å². The van der Waals surface area contributed by atoms with E-state index in [2.05, 4.69) is 15.3 Å². The Morgan fingerprint density at radius 3 is 2.48 bits per heavy atom. The minimum atomic E-state index is -0.00133. The van der Waals surface area contributed by atoms with Crippen LogP contribution in [0.15, 0.2) is 30.3 Å².